The number of rotatable bonds is 5. The highest BCUT2D eigenvalue weighted by Gasteiger charge is 2.29. The molecule has 1 aliphatic heterocycles. The van der Waals surface area contributed by atoms with E-state index in [-0.39, 0.29) is 12.0 Å². The zero-order valence-corrected chi connectivity index (χ0v) is 13.7. The highest BCUT2D eigenvalue weighted by atomic mass is 16.5. The highest BCUT2D eigenvalue weighted by molar-refractivity contribution is 5.80. The van der Waals surface area contributed by atoms with Crippen LogP contribution in [0.25, 0.3) is 0 Å². The van der Waals surface area contributed by atoms with Gasteiger partial charge in [-0.1, -0.05) is 0 Å². The molecule has 0 bridgehead atoms. The van der Waals surface area contributed by atoms with Crippen molar-refractivity contribution in [3.63, 3.8) is 0 Å². The molecule has 2 rings (SSSR count). The van der Waals surface area contributed by atoms with Gasteiger partial charge in [-0.3, -0.25) is 4.79 Å². The maximum Gasteiger partial charge on any atom is 0.251 e. The standard InChI is InChI=1S/C15H24N4O3/c1-5-21-11(2)14(20)19-8-9-22-13(10-19)12-6-7-16-15(17-12)18(3)4/h6-7,11,13H,5,8-10H2,1-4H3/t11-,13+/m1/s1. The number of carbonyl (C=O) groups excluding carboxylic acids is 1. The number of morpholine rings is 1. The summed E-state index contributed by atoms with van der Waals surface area (Å²) < 4.78 is 11.2. The quantitative estimate of drug-likeness (QED) is 0.804. The largest absolute Gasteiger partial charge is 0.369 e. The first-order valence-electron chi connectivity index (χ1n) is 7.55. The molecule has 1 aliphatic rings. The number of carbonyl (C=O) groups is 1. The summed E-state index contributed by atoms with van der Waals surface area (Å²) >= 11 is 0. The molecule has 0 spiro atoms. The Morgan fingerprint density at radius 1 is 1.59 bits per heavy atom. The van der Waals surface area contributed by atoms with E-state index in [0.717, 1.165) is 5.69 Å². The van der Waals surface area contributed by atoms with E-state index in [9.17, 15) is 4.79 Å². The second kappa shape index (κ2) is 7.51. The minimum absolute atomic E-state index is 0.00274. The Hall–Kier alpha value is -1.73. The molecule has 0 aliphatic carbocycles. The number of anilines is 1. The maximum absolute atomic E-state index is 12.3. The van der Waals surface area contributed by atoms with E-state index >= 15 is 0 Å². The van der Waals surface area contributed by atoms with Crippen LogP contribution in [0.15, 0.2) is 12.3 Å². The molecule has 0 radical (unpaired) electrons. The Morgan fingerprint density at radius 2 is 2.36 bits per heavy atom. The van der Waals surface area contributed by atoms with Gasteiger partial charge in [0.25, 0.3) is 5.91 Å². The van der Waals surface area contributed by atoms with Gasteiger partial charge >= 0.3 is 0 Å². The molecule has 0 N–H and O–H groups in total. The zero-order valence-electron chi connectivity index (χ0n) is 13.7. The summed E-state index contributed by atoms with van der Waals surface area (Å²) in [6.45, 7) is 5.76. The lowest BCUT2D eigenvalue weighted by Crippen LogP contribution is -2.46. The van der Waals surface area contributed by atoms with E-state index in [2.05, 4.69) is 9.97 Å². The molecule has 7 nitrogen and oxygen atoms in total. The van der Waals surface area contributed by atoms with Crippen LogP contribution < -0.4 is 4.90 Å². The van der Waals surface area contributed by atoms with E-state index in [1.54, 1.807) is 18.0 Å². The van der Waals surface area contributed by atoms with E-state index in [4.69, 9.17) is 9.47 Å². The van der Waals surface area contributed by atoms with Gasteiger partial charge in [0.15, 0.2) is 0 Å². The third-order valence-corrected chi connectivity index (χ3v) is 3.54. The monoisotopic (exact) mass is 308 g/mol. The third kappa shape index (κ3) is 3.92. The molecule has 0 aromatic carbocycles. The lowest BCUT2D eigenvalue weighted by molar-refractivity contribution is -0.150. The molecule has 0 saturated carbocycles. The fraction of sp³-hybridized carbons (Fsp3) is 0.667. The lowest BCUT2D eigenvalue weighted by atomic mass is 10.2. The third-order valence-electron chi connectivity index (χ3n) is 3.54. The van der Waals surface area contributed by atoms with E-state index in [0.29, 0.717) is 32.3 Å². The molecule has 1 amide bonds. The van der Waals surface area contributed by atoms with Crippen molar-refractivity contribution in [3.05, 3.63) is 18.0 Å². The summed E-state index contributed by atoms with van der Waals surface area (Å²) in [6.07, 6.45) is 1.06. The van der Waals surface area contributed by atoms with Gasteiger partial charge in [-0.05, 0) is 19.9 Å². The fourth-order valence-electron chi connectivity index (χ4n) is 2.36. The van der Waals surface area contributed by atoms with Crippen LogP contribution in [-0.2, 0) is 14.3 Å². The predicted octanol–water partition coefficient (Wildman–Crippen LogP) is 0.867. The first kappa shape index (κ1) is 16.6. The van der Waals surface area contributed by atoms with Crippen molar-refractivity contribution in [2.75, 3.05) is 45.3 Å². The molecule has 22 heavy (non-hydrogen) atoms. The topological polar surface area (TPSA) is 67.8 Å². The molecule has 0 unspecified atom stereocenters. The molecular formula is C15H24N4O3. The number of hydrogen-bond donors (Lipinski definition) is 0. The van der Waals surface area contributed by atoms with Crippen molar-refractivity contribution in [3.8, 4) is 0 Å². The minimum atomic E-state index is -0.425. The van der Waals surface area contributed by atoms with E-state index in [1.165, 1.54) is 0 Å². The normalized spacial score (nSPS) is 19.8. The lowest BCUT2D eigenvalue weighted by Gasteiger charge is -2.34. The Labute approximate surface area is 131 Å². The summed E-state index contributed by atoms with van der Waals surface area (Å²) in [6, 6.07) is 1.83. The van der Waals surface area contributed by atoms with Crippen molar-refractivity contribution < 1.29 is 14.3 Å². The van der Waals surface area contributed by atoms with Gasteiger partial charge in [0.1, 0.15) is 12.2 Å². The number of nitrogens with zero attached hydrogens (tertiary/aromatic N) is 4. The van der Waals surface area contributed by atoms with Crippen LogP contribution in [0.5, 0.6) is 0 Å². The zero-order chi connectivity index (χ0) is 16.1. The molecule has 122 valence electrons. The molecule has 1 aromatic heterocycles. The van der Waals surface area contributed by atoms with Crippen LogP contribution in [0, 0.1) is 0 Å². The molecule has 7 heteroatoms. The summed E-state index contributed by atoms with van der Waals surface area (Å²) in [7, 11) is 3.78. The van der Waals surface area contributed by atoms with Crippen molar-refractivity contribution >= 4 is 11.9 Å². The number of aromatic nitrogens is 2. The Bertz CT molecular complexity index is 509. The second-order valence-electron chi connectivity index (χ2n) is 5.42. The molecule has 1 aromatic rings. The van der Waals surface area contributed by atoms with Crippen molar-refractivity contribution in [2.24, 2.45) is 0 Å². The van der Waals surface area contributed by atoms with Gasteiger partial charge in [0.2, 0.25) is 5.95 Å². The second-order valence-corrected chi connectivity index (χ2v) is 5.42. The maximum atomic E-state index is 12.3. The van der Waals surface area contributed by atoms with Crippen molar-refractivity contribution in [2.45, 2.75) is 26.1 Å². The van der Waals surface area contributed by atoms with Gasteiger partial charge in [-0.15, -0.1) is 0 Å². The van der Waals surface area contributed by atoms with Crippen molar-refractivity contribution in [1.29, 1.82) is 0 Å². The van der Waals surface area contributed by atoms with Gasteiger partial charge in [0.05, 0.1) is 18.8 Å². The Morgan fingerprint density at radius 3 is 3.05 bits per heavy atom. The molecule has 2 atom stereocenters. The van der Waals surface area contributed by atoms with Crippen molar-refractivity contribution in [1.82, 2.24) is 14.9 Å². The van der Waals surface area contributed by atoms with Gasteiger partial charge < -0.3 is 19.3 Å². The first-order chi connectivity index (χ1) is 10.5. The first-order valence-corrected chi connectivity index (χ1v) is 7.55. The van der Waals surface area contributed by atoms with Gasteiger partial charge in [0, 0.05) is 33.4 Å². The Kier molecular flexibility index (Phi) is 5.68. The number of amides is 1. The minimum Gasteiger partial charge on any atom is -0.369 e. The number of ether oxygens (including phenoxy) is 2. The summed E-state index contributed by atoms with van der Waals surface area (Å²) in [5.41, 5.74) is 0.792. The van der Waals surface area contributed by atoms with Crippen LogP contribution in [0.1, 0.15) is 25.6 Å². The van der Waals surface area contributed by atoms with Crippen LogP contribution >= 0.6 is 0 Å². The summed E-state index contributed by atoms with van der Waals surface area (Å²) in [4.78, 5) is 24.7. The SMILES string of the molecule is CCO[C@H](C)C(=O)N1CCO[C@H](c2ccnc(N(C)C)n2)C1. The van der Waals surface area contributed by atoms with E-state index < -0.39 is 6.10 Å². The van der Waals surface area contributed by atoms with E-state index in [1.807, 2.05) is 32.0 Å². The predicted molar refractivity (Wildman–Crippen MR) is 82.7 cm³/mol. The molecule has 1 saturated heterocycles. The Balaban J connectivity index is 2.07. The smallest absolute Gasteiger partial charge is 0.251 e. The van der Waals surface area contributed by atoms with Crippen LogP contribution in [0.2, 0.25) is 0 Å². The number of hydrogen-bond acceptors (Lipinski definition) is 6. The van der Waals surface area contributed by atoms with Gasteiger partial charge in [-0.25, -0.2) is 9.97 Å². The molecular weight excluding hydrogens is 284 g/mol. The molecule has 1 fully saturated rings. The summed E-state index contributed by atoms with van der Waals surface area (Å²) in [5.74, 6) is 0.629. The average Bonchev–Trinajstić information content (AvgIpc) is 2.54. The van der Waals surface area contributed by atoms with Gasteiger partial charge in [-0.2, -0.15) is 0 Å². The van der Waals surface area contributed by atoms with Crippen LogP contribution in [-0.4, -0.2) is 67.3 Å². The highest BCUT2D eigenvalue weighted by Crippen LogP contribution is 2.22. The van der Waals surface area contributed by atoms with Crippen LogP contribution in [0.4, 0.5) is 5.95 Å². The molecule has 2 heterocycles. The van der Waals surface area contributed by atoms with Crippen LogP contribution in [0.3, 0.4) is 0 Å². The average molecular weight is 308 g/mol. The fourth-order valence-corrected chi connectivity index (χ4v) is 2.36. The summed E-state index contributed by atoms with van der Waals surface area (Å²) in [5, 5.41) is 0.